The van der Waals surface area contributed by atoms with Crippen LogP contribution in [0.2, 0.25) is 0 Å². The number of ketones is 1. The van der Waals surface area contributed by atoms with Gasteiger partial charge in [-0.05, 0) is 75.8 Å². The Morgan fingerprint density at radius 2 is 1.68 bits per heavy atom. The number of benzene rings is 3. The average molecular weight is 499 g/mol. The lowest BCUT2D eigenvalue weighted by molar-refractivity contribution is -0.139. The summed E-state index contributed by atoms with van der Waals surface area (Å²) in [5.41, 5.74) is 4.31. The number of aryl methyl sites for hydroxylation is 2. The van der Waals surface area contributed by atoms with E-state index in [9.17, 15) is 14.7 Å². The van der Waals surface area contributed by atoms with Gasteiger partial charge in [-0.3, -0.25) is 9.59 Å². The lowest BCUT2D eigenvalue weighted by atomic mass is 9.93. The van der Waals surface area contributed by atoms with Crippen LogP contribution in [0.4, 0.5) is 0 Å². The number of carbonyl (C=O) groups excluding carboxylic acids is 2. The molecule has 192 valence electrons. The molecule has 1 heterocycles. The molecule has 4 rings (SSSR count). The summed E-state index contributed by atoms with van der Waals surface area (Å²) in [6, 6.07) is 22.4. The van der Waals surface area contributed by atoms with Crippen molar-refractivity contribution >= 4 is 17.4 Å². The van der Waals surface area contributed by atoms with E-state index in [0.717, 1.165) is 28.8 Å². The van der Waals surface area contributed by atoms with Gasteiger partial charge in [0, 0.05) is 12.1 Å². The van der Waals surface area contributed by atoms with Crippen molar-refractivity contribution in [2.24, 2.45) is 0 Å². The van der Waals surface area contributed by atoms with E-state index < -0.39 is 17.7 Å². The molecule has 1 amide bonds. The zero-order valence-corrected chi connectivity index (χ0v) is 21.9. The number of hydrogen-bond acceptors (Lipinski definition) is 5. The second-order valence-corrected chi connectivity index (χ2v) is 9.81. The van der Waals surface area contributed by atoms with E-state index in [2.05, 4.69) is 0 Å². The predicted octanol–water partition coefficient (Wildman–Crippen LogP) is 5.26. The van der Waals surface area contributed by atoms with Gasteiger partial charge in [-0.25, -0.2) is 0 Å². The normalized spacial score (nSPS) is 17.0. The highest BCUT2D eigenvalue weighted by molar-refractivity contribution is 6.46. The molecular formula is C31H34N2O4. The molecule has 1 atom stereocenters. The van der Waals surface area contributed by atoms with E-state index in [1.807, 2.05) is 106 Å². The molecule has 0 spiro atoms. The summed E-state index contributed by atoms with van der Waals surface area (Å²) in [5, 5.41) is 11.4. The maximum atomic E-state index is 13.3. The van der Waals surface area contributed by atoms with Crippen LogP contribution in [0, 0.1) is 13.8 Å². The summed E-state index contributed by atoms with van der Waals surface area (Å²) in [4.78, 5) is 30.1. The number of Topliss-reactive ketones (excluding diaryl/α,β-unsaturated/α-hetero) is 1. The van der Waals surface area contributed by atoms with Gasteiger partial charge in [-0.15, -0.1) is 0 Å². The third kappa shape index (κ3) is 5.92. The Bertz CT molecular complexity index is 1300. The Balaban J connectivity index is 1.69. The van der Waals surface area contributed by atoms with E-state index in [1.165, 1.54) is 0 Å². The first-order chi connectivity index (χ1) is 17.8. The highest BCUT2D eigenvalue weighted by Gasteiger charge is 2.45. The van der Waals surface area contributed by atoms with Crippen molar-refractivity contribution in [3.8, 4) is 5.75 Å². The molecule has 0 aliphatic carbocycles. The maximum absolute atomic E-state index is 13.3. The standard InChI is InChI=1S/C31H34N2O4/c1-21-11-12-22(2)26(19-21)29(34)27-28(33(31(36)30(27)35)18-8-17-32(3)4)24-13-15-25(16-14-24)37-20-23-9-6-5-7-10-23/h5-7,9-16,19,28,34H,8,17-18,20H2,1-4H3/b29-27+. The summed E-state index contributed by atoms with van der Waals surface area (Å²) in [5.74, 6) is -0.687. The number of carbonyl (C=O) groups is 2. The number of aliphatic hydroxyl groups excluding tert-OH is 1. The first-order valence-electron chi connectivity index (χ1n) is 12.5. The summed E-state index contributed by atoms with van der Waals surface area (Å²) < 4.78 is 5.93. The van der Waals surface area contributed by atoms with Crippen LogP contribution in [0.5, 0.6) is 5.75 Å². The summed E-state index contributed by atoms with van der Waals surface area (Å²) >= 11 is 0. The van der Waals surface area contributed by atoms with Crippen LogP contribution in [-0.2, 0) is 16.2 Å². The minimum Gasteiger partial charge on any atom is -0.507 e. The molecular weight excluding hydrogens is 464 g/mol. The Labute approximate surface area is 218 Å². The molecule has 0 saturated carbocycles. The third-order valence-corrected chi connectivity index (χ3v) is 6.64. The molecule has 0 radical (unpaired) electrons. The quantitative estimate of drug-likeness (QED) is 0.248. The van der Waals surface area contributed by atoms with Crippen molar-refractivity contribution < 1.29 is 19.4 Å². The van der Waals surface area contributed by atoms with Crippen LogP contribution in [0.15, 0.2) is 78.4 Å². The molecule has 6 nitrogen and oxygen atoms in total. The molecule has 6 heteroatoms. The largest absolute Gasteiger partial charge is 0.507 e. The molecule has 0 aromatic heterocycles. The Morgan fingerprint density at radius 1 is 0.973 bits per heavy atom. The summed E-state index contributed by atoms with van der Waals surface area (Å²) in [7, 11) is 3.95. The number of likely N-dealkylation sites (tertiary alicyclic amines) is 1. The summed E-state index contributed by atoms with van der Waals surface area (Å²) in [6.07, 6.45) is 0.707. The van der Waals surface area contributed by atoms with Crippen LogP contribution in [0.25, 0.3) is 5.76 Å². The van der Waals surface area contributed by atoms with Crippen molar-refractivity contribution in [2.75, 3.05) is 27.2 Å². The van der Waals surface area contributed by atoms with Gasteiger partial charge in [0.25, 0.3) is 11.7 Å². The highest BCUT2D eigenvalue weighted by Crippen LogP contribution is 2.40. The molecule has 1 fully saturated rings. The van der Waals surface area contributed by atoms with Crippen molar-refractivity contribution in [3.05, 3.63) is 106 Å². The van der Waals surface area contributed by atoms with E-state index in [4.69, 9.17) is 4.74 Å². The molecule has 1 saturated heterocycles. The van der Waals surface area contributed by atoms with Gasteiger partial charge in [0.2, 0.25) is 0 Å². The second-order valence-electron chi connectivity index (χ2n) is 9.81. The zero-order chi connectivity index (χ0) is 26.5. The van der Waals surface area contributed by atoms with Crippen molar-refractivity contribution in [3.63, 3.8) is 0 Å². The van der Waals surface area contributed by atoms with Crippen LogP contribution in [0.1, 0.15) is 40.3 Å². The molecule has 3 aromatic carbocycles. The lowest BCUT2D eigenvalue weighted by Gasteiger charge is -2.26. The van der Waals surface area contributed by atoms with Gasteiger partial charge in [-0.1, -0.05) is 60.2 Å². The minimum absolute atomic E-state index is 0.126. The lowest BCUT2D eigenvalue weighted by Crippen LogP contribution is -2.32. The highest BCUT2D eigenvalue weighted by atomic mass is 16.5. The number of aliphatic hydroxyl groups is 1. The number of ether oxygens (including phenoxy) is 1. The van der Waals surface area contributed by atoms with Gasteiger partial charge in [0.1, 0.15) is 18.1 Å². The topological polar surface area (TPSA) is 70.1 Å². The molecule has 3 aromatic rings. The molecule has 1 aliphatic rings. The predicted molar refractivity (Wildman–Crippen MR) is 145 cm³/mol. The average Bonchev–Trinajstić information content (AvgIpc) is 3.14. The molecule has 37 heavy (non-hydrogen) atoms. The van der Waals surface area contributed by atoms with Crippen LogP contribution < -0.4 is 4.74 Å². The van der Waals surface area contributed by atoms with Crippen molar-refractivity contribution in [1.29, 1.82) is 0 Å². The van der Waals surface area contributed by atoms with Crippen LogP contribution in [-0.4, -0.2) is 53.8 Å². The molecule has 1 N–H and O–H groups in total. The van der Waals surface area contributed by atoms with E-state index in [0.29, 0.717) is 30.9 Å². The Morgan fingerprint density at radius 3 is 2.35 bits per heavy atom. The maximum Gasteiger partial charge on any atom is 0.295 e. The fourth-order valence-electron chi connectivity index (χ4n) is 4.64. The van der Waals surface area contributed by atoms with Gasteiger partial charge >= 0.3 is 0 Å². The van der Waals surface area contributed by atoms with Crippen LogP contribution >= 0.6 is 0 Å². The van der Waals surface area contributed by atoms with Gasteiger partial charge in [0.15, 0.2) is 0 Å². The summed E-state index contributed by atoms with van der Waals surface area (Å²) in [6.45, 7) is 5.44. The third-order valence-electron chi connectivity index (χ3n) is 6.64. The minimum atomic E-state index is -0.676. The smallest absolute Gasteiger partial charge is 0.295 e. The van der Waals surface area contributed by atoms with E-state index in [1.54, 1.807) is 4.90 Å². The first-order valence-corrected chi connectivity index (χ1v) is 12.5. The molecule has 1 unspecified atom stereocenters. The van der Waals surface area contributed by atoms with Crippen molar-refractivity contribution in [2.45, 2.75) is 32.9 Å². The molecule has 1 aliphatic heterocycles. The SMILES string of the molecule is Cc1ccc(C)c(/C(O)=C2\C(=O)C(=O)N(CCCN(C)C)C2c2ccc(OCc3ccccc3)cc2)c1. The fraction of sp³-hybridized carbons (Fsp3) is 0.290. The first kappa shape index (κ1) is 26.2. The van der Waals surface area contributed by atoms with Gasteiger partial charge in [-0.2, -0.15) is 0 Å². The second kappa shape index (κ2) is 11.4. The van der Waals surface area contributed by atoms with Crippen molar-refractivity contribution in [1.82, 2.24) is 9.80 Å². The Kier molecular flexibility index (Phi) is 8.09. The van der Waals surface area contributed by atoms with E-state index >= 15 is 0 Å². The monoisotopic (exact) mass is 498 g/mol. The number of nitrogens with zero attached hydrogens (tertiary/aromatic N) is 2. The van der Waals surface area contributed by atoms with E-state index in [-0.39, 0.29) is 11.3 Å². The number of amides is 1. The number of rotatable bonds is 9. The number of hydrogen-bond donors (Lipinski definition) is 1. The Hall–Kier alpha value is -3.90. The fourth-order valence-corrected chi connectivity index (χ4v) is 4.64. The molecule has 0 bridgehead atoms. The zero-order valence-electron chi connectivity index (χ0n) is 21.9. The van der Waals surface area contributed by atoms with Crippen LogP contribution in [0.3, 0.4) is 0 Å². The van der Waals surface area contributed by atoms with Gasteiger partial charge in [0.05, 0.1) is 11.6 Å². The van der Waals surface area contributed by atoms with Gasteiger partial charge < -0.3 is 19.6 Å².